The lowest BCUT2D eigenvalue weighted by Gasteiger charge is -2.24. The van der Waals surface area contributed by atoms with Crippen molar-refractivity contribution < 1.29 is 14.3 Å². The molecule has 0 saturated carbocycles. The molecule has 8 nitrogen and oxygen atoms in total. The number of nitrogens with zero attached hydrogens (tertiary/aromatic N) is 5. The molecule has 0 bridgehead atoms. The zero-order valence-corrected chi connectivity index (χ0v) is 15.1. The number of hydrogen-bond acceptors (Lipinski definition) is 6. The zero-order chi connectivity index (χ0) is 19.3. The van der Waals surface area contributed by atoms with Crippen molar-refractivity contribution in [2.24, 2.45) is 0 Å². The van der Waals surface area contributed by atoms with Gasteiger partial charge in [0.25, 0.3) is 5.91 Å². The molecule has 1 atom stereocenters. The van der Waals surface area contributed by atoms with Gasteiger partial charge in [0.1, 0.15) is 6.33 Å². The summed E-state index contributed by atoms with van der Waals surface area (Å²) in [6.45, 7) is 1.36. The van der Waals surface area contributed by atoms with Crippen LogP contribution in [0.15, 0.2) is 60.9 Å². The number of likely N-dealkylation sites (tertiary alicyclic amines) is 1. The van der Waals surface area contributed by atoms with Crippen LogP contribution in [0.4, 0.5) is 0 Å². The molecule has 0 radical (unpaired) electrons. The van der Waals surface area contributed by atoms with Gasteiger partial charge in [-0.2, -0.15) is 4.68 Å². The number of esters is 1. The monoisotopic (exact) mass is 377 g/mol. The van der Waals surface area contributed by atoms with Crippen molar-refractivity contribution in [3.8, 4) is 5.69 Å². The molecule has 3 aromatic rings. The lowest BCUT2D eigenvalue weighted by atomic mass is 10.1. The average Bonchev–Trinajstić information content (AvgIpc) is 3.46. The Labute approximate surface area is 161 Å². The van der Waals surface area contributed by atoms with E-state index in [4.69, 9.17) is 4.74 Å². The number of aromatic nitrogens is 4. The van der Waals surface area contributed by atoms with Gasteiger partial charge in [-0.1, -0.05) is 42.5 Å². The zero-order valence-electron chi connectivity index (χ0n) is 15.1. The summed E-state index contributed by atoms with van der Waals surface area (Å²) in [4.78, 5) is 27.8. The average molecular weight is 377 g/mol. The number of carbonyl (C=O) groups excluding carboxylic acids is 2. The Bertz CT molecular complexity index is 953. The van der Waals surface area contributed by atoms with E-state index < -0.39 is 12.1 Å². The van der Waals surface area contributed by atoms with Gasteiger partial charge in [0.15, 0.2) is 0 Å². The van der Waals surface area contributed by atoms with Crippen LogP contribution in [0, 0.1) is 0 Å². The molecule has 0 aliphatic carbocycles. The van der Waals surface area contributed by atoms with Crippen LogP contribution < -0.4 is 0 Å². The molecule has 4 rings (SSSR count). The van der Waals surface area contributed by atoms with Gasteiger partial charge in [-0.15, -0.1) is 5.10 Å². The van der Waals surface area contributed by atoms with Gasteiger partial charge in [-0.25, -0.2) is 4.79 Å². The van der Waals surface area contributed by atoms with E-state index in [-0.39, 0.29) is 11.5 Å². The quantitative estimate of drug-likeness (QED) is 0.633. The summed E-state index contributed by atoms with van der Waals surface area (Å²) < 4.78 is 7.11. The Morgan fingerprint density at radius 2 is 1.68 bits per heavy atom. The van der Waals surface area contributed by atoms with Gasteiger partial charge in [-0.05, 0) is 35.4 Å². The summed E-state index contributed by atoms with van der Waals surface area (Å²) in [7, 11) is 0. The van der Waals surface area contributed by atoms with Crippen molar-refractivity contribution in [2.75, 3.05) is 13.1 Å². The summed E-state index contributed by atoms with van der Waals surface area (Å²) in [5.74, 6) is -0.801. The molecule has 0 unspecified atom stereocenters. The second-order valence-corrected chi connectivity index (χ2v) is 6.50. The summed E-state index contributed by atoms with van der Waals surface area (Å²) in [5.41, 5.74) is 1.41. The first-order valence-electron chi connectivity index (χ1n) is 9.11. The number of hydrogen-bond donors (Lipinski definition) is 0. The van der Waals surface area contributed by atoms with Crippen LogP contribution >= 0.6 is 0 Å². The molecule has 0 spiro atoms. The summed E-state index contributed by atoms with van der Waals surface area (Å²) in [6, 6.07) is 15.9. The molecule has 1 saturated heterocycles. The molecule has 8 heteroatoms. The minimum absolute atomic E-state index is 0.197. The molecule has 1 aromatic heterocycles. The Kier molecular flexibility index (Phi) is 5.09. The van der Waals surface area contributed by atoms with Crippen LogP contribution in [-0.4, -0.2) is 50.1 Å². The van der Waals surface area contributed by atoms with E-state index in [1.807, 2.05) is 18.2 Å². The third-order valence-corrected chi connectivity index (χ3v) is 4.69. The fourth-order valence-corrected chi connectivity index (χ4v) is 3.28. The number of ether oxygens (including phenoxy) is 1. The molecule has 0 N–H and O–H groups in total. The number of carbonyl (C=O) groups is 2. The van der Waals surface area contributed by atoms with Crippen molar-refractivity contribution in [3.05, 3.63) is 72.1 Å². The van der Waals surface area contributed by atoms with Crippen molar-refractivity contribution >= 4 is 11.9 Å². The largest absolute Gasteiger partial charge is 0.444 e. The fraction of sp³-hybridized carbons (Fsp3) is 0.250. The highest BCUT2D eigenvalue weighted by atomic mass is 16.5. The predicted molar refractivity (Wildman–Crippen MR) is 99.6 cm³/mol. The van der Waals surface area contributed by atoms with Crippen LogP contribution in [-0.2, 0) is 9.53 Å². The second kappa shape index (κ2) is 7.99. The number of benzene rings is 2. The smallest absolute Gasteiger partial charge is 0.341 e. The minimum atomic E-state index is -0.992. The van der Waals surface area contributed by atoms with Crippen LogP contribution in [0.1, 0.15) is 34.9 Å². The molecular formula is C20H19N5O3. The van der Waals surface area contributed by atoms with Crippen LogP contribution in [0.2, 0.25) is 0 Å². The maximum Gasteiger partial charge on any atom is 0.341 e. The summed E-state index contributed by atoms with van der Waals surface area (Å²) in [5, 5.41) is 11.1. The van der Waals surface area contributed by atoms with Crippen LogP contribution in [0.3, 0.4) is 0 Å². The maximum absolute atomic E-state index is 13.0. The van der Waals surface area contributed by atoms with Gasteiger partial charge in [0.05, 0.1) is 11.3 Å². The van der Waals surface area contributed by atoms with Crippen molar-refractivity contribution in [2.45, 2.75) is 18.9 Å². The van der Waals surface area contributed by atoms with Crippen molar-refractivity contribution in [1.29, 1.82) is 0 Å². The third-order valence-electron chi connectivity index (χ3n) is 4.69. The van der Waals surface area contributed by atoms with Gasteiger partial charge >= 0.3 is 5.97 Å². The first-order chi connectivity index (χ1) is 13.7. The third kappa shape index (κ3) is 3.62. The highest BCUT2D eigenvalue weighted by molar-refractivity contribution is 5.95. The topological polar surface area (TPSA) is 90.2 Å². The Morgan fingerprint density at radius 3 is 2.39 bits per heavy atom. The standard InChI is InChI=1S/C20H19N5O3/c26-19(24-12-6-7-13-24)18(15-8-2-1-3-9-15)28-20(27)16-10-4-5-11-17(16)25-14-21-22-23-25/h1-5,8-11,14,18H,6-7,12-13H2/t18-/m1/s1. The van der Waals surface area contributed by atoms with Crippen LogP contribution in [0.5, 0.6) is 0 Å². The molecule has 1 aliphatic heterocycles. The van der Waals surface area contributed by atoms with Gasteiger partial charge in [0, 0.05) is 18.7 Å². The summed E-state index contributed by atoms with van der Waals surface area (Å²) in [6.07, 6.45) is 2.33. The van der Waals surface area contributed by atoms with Gasteiger partial charge < -0.3 is 9.64 Å². The lowest BCUT2D eigenvalue weighted by molar-refractivity contribution is -0.140. The van der Waals surface area contributed by atoms with Gasteiger partial charge in [0.2, 0.25) is 6.10 Å². The Balaban J connectivity index is 1.64. The number of rotatable bonds is 5. The minimum Gasteiger partial charge on any atom is -0.444 e. The number of para-hydroxylation sites is 1. The SMILES string of the molecule is O=C(O[C@@H](C(=O)N1CCCC1)c1ccccc1)c1ccccc1-n1cnnn1. The summed E-state index contributed by atoms with van der Waals surface area (Å²) >= 11 is 0. The molecule has 2 heterocycles. The van der Waals surface area contributed by atoms with Crippen molar-refractivity contribution in [3.63, 3.8) is 0 Å². The molecule has 28 heavy (non-hydrogen) atoms. The van der Waals surface area contributed by atoms with Gasteiger partial charge in [-0.3, -0.25) is 4.79 Å². The molecule has 2 aromatic carbocycles. The Morgan fingerprint density at radius 1 is 0.964 bits per heavy atom. The maximum atomic E-state index is 13.0. The molecule has 142 valence electrons. The predicted octanol–water partition coefficient (Wildman–Crippen LogP) is 2.18. The first-order valence-corrected chi connectivity index (χ1v) is 9.11. The van der Waals surface area contributed by atoms with E-state index >= 15 is 0 Å². The number of tetrazole rings is 1. The highest BCUT2D eigenvalue weighted by Gasteiger charge is 2.31. The van der Waals surface area contributed by atoms with E-state index in [9.17, 15) is 9.59 Å². The molecular weight excluding hydrogens is 358 g/mol. The normalized spacial score (nSPS) is 14.6. The van der Waals surface area contributed by atoms with E-state index in [2.05, 4.69) is 15.5 Å². The van der Waals surface area contributed by atoms with E-state index in [0.717, 1.165) is 12.8 Å². The lowest BCUT2D eigenvalue weighted by Crippen LogP contribution is -2.35. The van der Waals surface area contributed by atoms with E-state index in [1.165, 1.54) is 11.0 Å². The van der Waals surface area contributed by atoms with E-state index in [1.54, 1.807) is 41.3 Å². The van der Waals surface area contributed by atoms with Crippen LogP contribution in [0.25, 0.3) is 5.69 Å². The Hall–Kier alpha value is -3.55. The molecule has 1 aliphatic rings. The highest BCUT2D eigenvalue weighted by Crippen LogP contribution is 2.25. The molecule has 1 amide bonds. The first kappa shape index (κ1) is 17.8. The van der Waals surface area contributed by atoms with E-state index in [0.29, 0.717) is 24.3 Å². The second-order valence-electron chi connectivity index (χ2n) is 6.50. The fourth-order valence-electron chi connectivity index (χ4n) is 3.28. The number of amides is 1. The van der Waals surface area contributed by atoms with Crippen molar-refractivity contribution in [1.82, 2.24) is 25.1 Å². The molecule has 1 fully saturated rings.